The number of hydrogen-bond donors (Lipinski definition) is 1. The lowest BCUT2D eigenvalue weighted by Gasteiger charge is -2.39. The third kappa shape index (κ3) is 6.69. The van der Waals surface area contributed by atoms with Gasteiger partial charge < -0.3 is 19.7 Å². The maximum atomic E-state index is 15.3. The molecular formula is C34H36FN3O3. The number of benzene rings is 4. The van der Waals surface area contributed by atoms with Gasteiger partial charge in [0.05, 0.1) is 13.7 Å². The van der Waals surface area contributed by atoms with Gasteiger partial charge in [-0.25, -0.2) is 4.39 Å². The first-order valence-electron chi connectivity index (χ1n) is 14.0. The number of amides is 1. The summed E-state index contributed by atoms with van der Waals surface area (Å²) in [6.45, 7) is 7.90. The van der Waals surface area contributed by atoms with Crippen LogP contribution >= 0.6 is 0 Å². The first-order valence-corrected chi connectivity index (χ1v) is 14.0. The van der Waals surface area contributed by atoms with Gasteiger partial charge in [0.2, 0.25) is 0 Å². The molecule has 1 fully saturated rings. The van der Waals surface area contributed by atoms with Gasteiger partial charge in [-0.15, -0.1) is 0 Å². The van der Waals surface area contributed by atoms with E-state index in [1.807, 2.05) is 91.9 Å². The average molecular weight is 554 g/mol. The molecule has 0 spiro atoms. The molecule has 4 aromatic rings. The molecule has 1 saturated heterocycles. The van der Waals surface area contributed by atoms with E-state index in [9.17, 15) is 4.79 Å². The number of nitrogens with zero attached hydrogens (tertiary/aromatic N) is 2. The molecule has 1 unspecified atom stereocenters. The van der Waals surface area contributed by atoms with E-state index in [1.165, 1.54) is 0 Å². The van der Waals surface area contributed by atoms with Crippen LogP contribution in [0.3, 0.4) is 0 Å². The van der Waals surface area contributed by atoms with Crippen LogP contribution in [0.1, 0.15) is 35.8 Å². The minimum Gasteiger partial charge on any atom is -0.497 e. The molecule has 41 heavy (non-hydrogen) atoms. The number of rotatable bonds is 9. The molecule has 0 aliphatic carbocycles. The number of nitrogens with one attached hydrogen (secondary N) is 1. The van der Waals surface area contributed by atoms with Crippen molar-refractivity contribution in [1.82, 2.24) is 4.90 Å². The van der Waals surface area contributed by atoms with Crippen LogP contribution in [0.4, 0.5) is 15.8 Å². The first-order chi connectivity index (χ1) is 19.9. The SMILES string of the molecule is CCOc1cccc(-c2ccc(C(C)N3CCN(c4ccc(C(=O)Nc5ccc(OC)cc5)cc4)CC3)c(F)c2)c1. The molecule has 1 heterocycles. The summed E-state index contributed by atoms with van der Waals surface area (Å²) >= 11 is 0. The Labute approximate surface area is 241 Å². The number of carbonyl (C=O) groups excluding carboxylic acids is 1. The lowest BCUT2D eigenvalue weighted by atomic mass is 9.99. The molecule has 0 saturated carbocycles. The van der Waals surface area contributed by atoms with E-state index >= 15 is 4.39 Å². The highest BCUT2D eigenvalue weighted by atomic mass is 19.1. The molecule has 1 aliphatic heterocycles. The first kappa shape index (κ1) is 28.2. The van der Waals surface area contributed by atoms with E-state index in [4.69, 9.17) is 9.47 Å². The predicted octanol–water partition coefficient (Wildman–Crippen LogP) is 7.04. The van der Waals surface area contributed by atoms with Gasteiger partial charge in [-0.05, 0) is 91.7 Å². The lowest BCUT2D eigenvalue weighted by molar-refractivity contribution is 0.102. The van der Waals surface area contributed by atoms with Crippen LogP contribution in [0.15, 0.2) is 91.0 Å². The smallest absolute Gasteiger partial charge is 0.255 e. The Balaban J connectivity index is 1.17. The Morgan fingerprint density at radius 3 is 2.24 bits per heavy atom. The highest BCUT2D eigenvalue weighted by Gasteiger charge is 2.24. The van der Waals surface area contributed by atoms with Gasteiger partial charge in [-0.3, -0.25) is 9.69 Å². The predicted molar refractivity (Wildman–Crippen MR) is 163 cm³/mol. The lowest BCUT2D eigenvalue weighted by Crippen LogP contribution is -2.47. The largest absolute Gasteiger partial charge is 0.497 e. The Morgan fingerprint density at radius 2 is 1.59 bits per heavy atom. The van der Waals surface area contributed by atoms with Crippen LogP contribution in [-0.4, -0.2) is 50.7 Å². The summed E-state index contributed by atoms with van der Waals surface area (Å²) in [5, 5.41) is 2.92. The minimum atomic E-state index is -0.192. The normalized spacial score (nSPS) is 14.4. The number of hydrogen-bond acceptors (Lipinski definition) is 5. The fraction of sp³-hybridized carbons (Fsp3) is 0.265. The molecule has 5 rings (SSSR count). The van der Waals surface area contributed by atoms with Gasteiger partial charge in [0, 0.05) is 54.7 Å². The maximum absolute atomic E-state index is 15.3. The third-order valence-electron chi connectivity index (χ3n) is 7.63. The third-order valence-corrected chi connectivity index (χ3v) is 7.63. The van der Waals surface area contributed by atoms with Crippen molar-refractivity contribution in [3.05, 3.63) is 108 Å². The number of anilines is 2. The van der Waals surface area contributed by atoms with Crippen molar-refractivity contribution in [3.8, 4) is 22.6 Å². The van der Waals surface area contributed by atoms with Gasteiger partial charge in [0.1, 0.15) is 17.3 Å². The zero-order valence-electron chi connectivity index (χ0n) is 23.8. The number of halogens is 1. The van der Waals surface area contributed by atoms with Crippen molar-refractivity contribution in [2.24, 2.45) is 0 Å². The van der Waals surface area contributed by atoms with Crippen molar-refractivity contribution >= 4 is 17.3 Å². The molecule has 0 radical (unpaired) electrons. The molecule has 1 aliphatic rings. The summed E-state index contributed by atoms with van der Waals surface area (Å²) in [6.07, 6.45) is 0. The number of methoxy groups -OCH3 is 1. The molecule has 4 aromatic carbocycles. The molecule has 7 heteroatoms. The molecule has 212 valence electrons. The summed E-state index contributed by atoms with van der Waals surface area (Å²) < 4.78 is 26.1. The Morgan fingerprint density at radius 1 is 0.878 bits per heavy atom. The second-order valence-corrected chi connectivity index (χ2v) is 10.1. The van der Waals surface area contributed by atoms with E-state index < -0.39 is 0 Å². The topological polar surface area (TPSA) is 54.0 Å². The van der Waals surface area contributed by atoms with E-state index in [0.717, 1.165) is 54.5 Å². The van der Waals surface area contributed by atoms with Crippen LogP contribution in [-0.2, 0) is 0 Å². The Kier molecular flexibility index (Phi) is 8.85. The van der Waals surface area contributed by atoms with Crippen molar-refractivity contribution in [2.45, 2.75) is 19.9 Å². The molecule has 0 bridgehead atoms. The van der Waals surface area contributed by atoms with Crippen molar-refractivity contribution in [2.75, 3.05) is 50.1 Å². The van der Waals surface area contributed by atoms with Crippen molar-refractivity contribution in [1.29, 1.82) is 0 Å². The molecule has 1 N–H and O–H groups in total. The average Bonchev–Trinajstić information content (AvgIpc) is 3.01. The van der Waals surface area contributed by atoms with Gasteiger partial charge in [-0.2, -0.15) is 0 Å². The highest BCUT2D eigenvalue weighted by Crippen LogP contribution is 2.30. The van der Waals surface area contributed by atoms with Crippen LogP contribution in [0.5, 0.6) is 11.5 Å². The standard InChI is InChI=1S/C34H36FN3O3/c1-4-41-31-7-5-6-26(22-31)27-10-17-32(33(35)23-27)24(2)37-18-20-38(21-19-37)29-13-8-25(9-14-29)34(39)36-28-11-15-30(40-3)16-12-28/h5-17,22-24H,4,18-21H2,1-3H3,(H,36,39). The highest BCUT2D eigenvalue weighted by molar-refractivity contribution is 6.04. The Hall–Kier alpha value is -4.36. The molecule has 1 amide bonds. The summed E-state index contributed by atoms with van der Waals surface area (Å²) in [6, 6.07) is 28.2. The van der Waals surface area contributed by atoms with Gasteiger partial charge >= 0.3 is 0 Å². The number of ether oxygens (including phenoxy) is 2. The number of piperazine rings is 1. The van der Waals surface area contributed by atoms with Gasteiger partial charge in [0.15, 0.2) is 0 Å². The zero-order valence-corrected chi connectivity index (χ0v) is 23.8. The summed E-state index contributed by atoms with van der Waals surface area (Å²) in [5.74, 6) is 1.18. The Bertz CT molecular complexity index is 1470. The quantitative estimate of drug-likeness (QED) is 0.241. The maximum Gasteiger partial charge on any atom is 0.255 e. The molecule has 6 nitrogen and oxygen atoms in total. The molecule has 1 atom stereocenters. The second-order valence-electron chi connectivity index (χ2n) is 10.1. The summed E-state index contributed by atoms with van der Waals surface area (Å²) in [4.78, 5) is 17.3. The van der Waals surface area contributed by atoms with E-state index in [0.29, 0.717) is 23.4 Å². The molecule has 0 aromatic heterocycles. The summed E-state index contributed by atoms with van der Waals surface area (Å²) in [7, 11) is 1.61. The summed E-state index contributed by atoms with van der Waals surface area (Å²) in [5.41, 5.74) is 4.86. The fourth-order valence-corrected chi connectivity index (χ4v) is 5.24. The fourth-order valence-electron chi connectivity index (χ4n) is 5.24. The van der Waals surface area contributed by atoms with Crippen LogP contribution in [0, 0.1) is 5.82 Å². The van der Waals surface area contributed by atoms with Crippen LogP contribution in [0.2, 0.25) is 0 Å². The second kappa shape index (κ2) is 12.9. The van der Waals surface area contributed by atoms with Crippen LogP contribution in [0.25, 0.3) is 11.1 Å². The van der Waals surface area contributed by atoms with E-state index in [2.05, 4.69) is 22.0 Å². The van der Waals surface area contributed by atoms with Crippen molar-refractivity contribution in [3.63, 3.8) is 0 Å². The minimum absolute atomic E-state index is 0.0371. The molecular weight excluding hydrogens is 517 g/mol. The van der Waals surface area contributed by atoms with E-state index in [1.54, 1.807) is 13.2 Å². The number of carbonyl (C=O) groups is 1. The van der Waals surface area contributed by atoms with Gasteiger partial charge in [0.25, 0.3) is 5.91 Å². The van der Waals surface area contributed by atoms with Crippen molar-refractivity contribution < 1.29 is 18.7 Å². The monoisotopic (exact) mass is 553 g/mol. The van der Waals surface area contributed by atoms with Crippen LogP contribution < -0.4 is 19.7 Å². The van der Waals surface area contributed by atoms with E-state index in [-0.39, 0.29) is 17.8 Å². The van der Waals surface area contributed by atoms with Gasteiger partial charge in [-0.1, -0.05) is 24.3 Å². The zero-order chi connectivity index (χ0) is 28.8.